The number of fused-ring (bicyclic) bond motifs is 1. The molecule has 6 nitrogen and oxygen atoms in total. The third kappa shape index (κ3) is 3.30. The van der Waals surface area contributed by atoms with E-state index in [1.165, 1.54) is 7.11 Å². The molecule has 0 saturated heterocycles. The molecule has 0 spiro atoms. The molecule has 0 aromatic heterocycles. The quantitative estimate of drug-likeness (QED) is 0.703. The fourth-order valence-electron chi connectivity index (χ4n) is 3.41. The summed E-state index contributed by atoms with van der Waals surface area (Å²) < 4.78 is 16.7. The summed E-state index contributed by atoms with van der Waals surface area (Å²) >= 11 is 0. The minimum Gasteiger partial charge on any atom is -0.504 e. The van der Waals surface area contributed by atoms with Crippen molar-refractivity contribution in [3.05, 3.63) is 47.0 Å². The van der Waals surface area contributed by atoms with E-state index in [4.69, 9.17) is 19.3 Å². The van der Waals surface area contributed by atoms with E-state index in [-0.39, 0.29) is 31.0 Å². The summed E-state index contributed by atoms with van der Waals surface area (Å²) in [6.07, 6.45) is 1.00. The number of rotatable bonds is 7. The Morgan fingerprint density at radius 3 is 2.46 bits per heavy atom. The molecule has 2 atom stereocenters. The second-order valence-corrected chi connectivity index (χ2v) is 6.29. The summed E-state index contributed by atoms with van der Waals surface area (Å²) in [5.74, 6) is 1.37. The molecule has 0 saturated carbocycles. The van der Waals surface area contributed by atoms with Crippen molar-refractivity contribution in [3.8, 4) is 23.0 Å². The fraction of sp³-hybridized carbons (Fsp3) is 0.400. The first kappa shape index (κ1) is 18.4. The Kier molecular flexibility index (Phi) is 5.54. The van der Waals surface area contributed by atoms with Crippen LogP contribution in [-0.2, 0) is 6.42 Å². The number of methoxy groups -OCH3 is 2. The summed E-state index contributed by atoms with van der Waals surface area (Å²) in [7, 11) is 3.09. The summed E-state index contributed by atoms with van der Waals surface area (Å²) in [4.78, 5) is 0. The number of hydrogen-bond donors (Lipinski definition) is 3. The lowest BCUT2D eigenvalue weighted by molar-refractivity contribution is 0.159. The summed E-state index contributed by atoms with van der Waals surface area (Å²) in [6, 6.07) is 9.04. The van der Waals surface area contributed by atoms with Crippen LogP contribution in [0.25, 0.3) is 0 Å². The van der Waals surface area contributed by atoms with E-state index >= 15 is 0 Å². The lowest BCUT2D eigenvalue weighted by atomic mass is 9.90. The van der Waals surface area contributed by atoms with E-state index in [1.54, 1.807) is 19.2 Å². The van der Waals surface area contributed by atoms with Crippen molar-refractivity contribution in [2.45, 2.75) is 24.9 Å². The first-order chi connectivity index (χ1) is 12.6. The maximum absolute atomic E-state index is 10.0. The van der Waals surface area contributed by atoms with Crippen LogP contribution in [0.15, 0.2) is 30.3 Å². The highest BCUT2D eigenvalue weighted by molar-refractivity contribution is 5.54. The third-order valence-corrected chi connectivity index (χ3v) is 4.77. The van der Waals surface area contributed by atoms with Gasteiger partial charge in [0.05, 0.1) is 26.7 Å². The van der Waals surface area contributed by atoms with Gasteiger partial charge in [-0.3, -0.25) is 0 Å². The number of phenolic OH excluding ortho intramolecular Hbond substituents is 1. The molecule has 0 aliphatic carbocycles. The number of aryl methyl sites for hydroxylation is 1. The maximum Gasteiger partial charge on any atom is 0.164 e. The second kappa shape index (κ2) is 7.85. The smallest absolute Gasteiger partial charge is 0.164 e. The first-order valence-electron chi connectivity index (χ1n) is 8.59. The van der Waals surface area contributed by atoms with E-state index in [0.717, 1.165) is 28.9 Å². The molecule has 1 heterocycles. The Hall–Kier alpha value is -2.44. The molecule has 0 radical (unpaired) electrons. The second-order valence-electron chi connectivity index (χ2n) is 6.29. The van der Waals surface area contributed by atoms with Crippen molar-refractivity contribution in [3.63, 3.8) is 0 Å². The number of ether oxygens (including phenoxy) is 3. The van der Waals surface area contributed by atoms with Crippen LogP contribution in [0.1, 0.15) is 35.1 Å². The van der Waals surface area contributed by atoms with Crippen LogP contribution in [-0.4, -0.2) is 42.8 Å². The molecule has 0 unspecified atom stereocenters. The number of aromatic hydroxyl groups is 1. The van der Waals surface area contributed by atoms with Gasteiger partial charge in [-0.15, -0.1) is 0 Å². The Morgan fingerprint density at radius 1 is 1.04 bits per heavy atom. The minimum absolute atomic E-state index is 0.0193. The Labute approximate surface area is 152 Å². The fourth-order valence-corrected chi connectivity index (χ4v) is 3.41. The molecular formula is C20H24O6. The molecule has 6 heteroatoms. The molecule has 3 rings (SSSR count). The van der Waals surface area contributed by atoms with Crippen molar-refractivity contribution >= 4 is 0 Å². The van der Waals surface area contributed by atoms with Gasteiger partial charge in [-0.2, -0.15) is 0 Å². The lowest BCUT2D eigenvalue weighted by Crippen LogP contribution is -2.13. The van der Waals surface area contributed by atoms with Crippen molar-refractivity contribution < 1.29 is 29.5 Å². The minimum atomic E-state index is -0.387. The zero-order valence-electron chi connectivity index (χ0n) is 14.9. The molecule has 2 aromatic carbocycles. The third-order valence-electron chi connectivity index (χ3n) is 4.77. The standard InChI is InChI=1S/C20H24O6/c1-24-17-8-13(6-5-12(17)4-3-7-21)20-15(11-22)14-9-16(23)19(25-2)10-18(14)26-20/h5-6,8-10,15,20-23H,3-4,7,11H2,1-2H3/t15-,20-/m0/s1. The topological polar surface area (TPSA) is 88.4 Å². The van der Waals surface area contributed by atoms with E-state index in [9.17, 15) is 10.2 Å². The Bertz CT molecular complexity index is 773. The average molecular weight is 360 g/mol. The maximum atomic E-state index is 10.0. The average Bonchev–Trinajstić information content (AvgIpc) is 3.02. The Balaban J connectivity index is 1.94. The van der Waals surface area contributed by atoms with Gasteiger partial charge in [0.1, 0.15) is 17.6 Å². The monoisotopic (exact) mass is 360 g/mol. The Morgan fingerprint density at radius 2 is 1.81 bits per heavy atom. The summed E-state index contributed by atoms with van der Waals surface area (Å²) in [5, 5.41) is 29.0. The van der Waals surface area contributed by atoms with Crippen LogP contribution in [0.5, 0.6) is 23.0 Å². The van der Waals surface area contributed by atoms with Crippen molar-refractivity contribution in [1.82, 2.24) is 0 Å². The molecule has 26 heavy (non-hydrogen) atoms. The molecule has 0 fully saturated rings. The van der Waals surface area contributed by atoms with E-state index in [1.807, 2.05) is 18.2 Å². The summed E-state index contributed by atoms with van der Waals surface area (Å²) in [6.45, 7) is 0.0158. The van der Waals surface area contributed by atoms with Gasteiger partial charge in [0.2, 0.25) is 0 Å². The number of aliphatic hydroxyl groups excluding tert-OH is 2. The van der Waals surface area contributed by atoms with Gasteiger partial charge in [0.25, 0.3) is 0 Å². The number of aliphatic hydroxyl groups is 2. The van der Waals surface area contributed by atoms with Gasteiger partial charge in [0, 0.05) is 18.2 Å². The van der Waals surface area contributed by atoms with Crippen LogP contribution >= 0.6 is 0 Å². The zero-order chi connectivity index (χ0) is 18.7. The SMILES string of the molecule is COc1cc2c(cc1O)[C@H](CO)[C@H](c1ccc(CCCO)c(OC)c1)O2. The normalized spacial score (nSPS) is 18.3. The molecule has 0 amide bonds. The predicted molar refractivity (Wildman–Crippen MR) is 96.3 cm³/mol. The van der Waals surface area contributed by atoms with Gasteiger partial charge < -0.3 is 29.5 Å². The molecular weight excluding hydrogens is 336 g/mol. The molecule has 3 N–H and O–H groups in total. The zero-order valence-corrected chi connectivity index (χ0v) is 14.9. The predicted octanol–water partition coefficient (Wildman–Crippen LogP) is 2.54. The number of hydrogen-bond acceptors (Lipinski definition) is 6. The largest absolute Gasteiger partial charge is 0.504 e. The van der Waals surface area contributed by atoms with Gasteiger partial charge in [-0.05, 0) is 36.1 Å². The van der Waals surface area contributed by atoms with Crippen LogP contribution in [0.2, 0.25) is 0 Å². The van der Waals surface area contributed by atoms with Crippen LogP contribution in [0, 0.1) is 0 Å². The highest BCUT2D eigenvalue weighted by Gasteiger charge is 2.36. The highest BCUT2D eigenvalue weighted by Crippen LogP contribution is 2.49. The molecule has 1 aliphatic heterocycles. The van der Waals surface area contributed by atoms with E-state index < -0.39 is 0 Å². The van der Waals surface area contributed by atoms with Gasteiger partial charge in [-0.1, -0.05) is 12.1 Å². The number of benzene rings is 2. The molecule has 140 valence electrons. The van der Waals surface area contributed by atoms with Crippen LogP contribution < -0.4 is 14.2 Å². The molecule has 1 aliphatic rings. The van der Waals surface area contributed by atoms with E-state index in [2.05, 4.69) is 0 Å². The van der Waals surface area contributed by atoms with Gasteiger partial charge in [0.15, 0.2) is 11.5 Å². The lowest BCUT2D eigenvalue weighted by Gasteiger charge is -2.19. The van der Waals surface area contributed by atoms with Crippen molar-refractivity contribution in [2.24, 2.45) is 0 Å². The first-order valence-corrected chi connectivity index (χ1v) is 8.59. The van der Waals surface area contributed by atoms with Crippen LogP contribution in [0.4, 0.5) is 0 Å². The molecule has 0 bridgehead atoms. The highest BCUT2D eigenvalue weighted by atomic mass is 16.5. The van der Waals surface area contributed by atoms with Gasteiger partial charge >= 0.3 is 0 Å². The van der Waals surface area contributed by atoms with Crippen molar-refractivity contribution in [2.75, 3.05) is 27.4 Å². The van der Waals surface area contributed by atoms with Crippen molar-refractivity contribution in [1.29, 1.82) is 0 Å². The van der Waals surface area contributed by atoms with E-state index in [0.29, 0.717) is 17.9 Å². The summed E-state index contributed by atoms with van der Waals surface area (Å²) in [5.41, 5.74) is 2.64. The molecule has 2 aromatic rings. The number of phenols is 1. The van der Waals surface area contributed by atoms with Crippen LogP contribution in [0.3, 0.4) is 0 Å². The van der Waals surface area contributed by atoms with Gasteiger partial charge in [-0.25, -0.2) is 0 Å².